The van der Waals surface area contributed by atoms with E-state index in [2.05, 4.69) is 0 Å². The second kappa shape index (κ2) is 9.62. The number of ether oxygens (including phenoxy) is 2. The van der Waals surface area contributed by atoms with E-state index in [1.54, 1.807) is 12.1 Å². The van der Waals surface area contributed by atoms with E-state index in [1.165, 1.54) is 24.9 Å². The number of methoxy groups -OCH3 is 1. The monoisotopic (exact) mass is 368 g/mol. The van der Waals surface area contributed by atoms with Crippen LogP contribution < -0.4 is 4.74 Å². The molecule has 1 aliphatic rings. The van der Waals surface area contributed by atoms with E-state index in [4.69, 9.17) is 9.47 Å². The molecular formula is C17H24N2O5S. The first-order valence-corrected chi connectivity index (χ1v) is 9.45. The van der Waals surface area contributed by atoms with E-state index in [0.717, 1.165) is 31.7 Å². The molecule has 1 aliphatic heterocycles. The molecule has 138 valence electrons. The Balaban J connectivity index is 1.85. The molecule has 2 rings (SSSR count). The van der Waals surface area contributed by atoms with Gasteiger partial charge in [0.05, 0.1) is 24.4 Å². The number of thioether (sulfide) groups is 1. The molecule has 0 radical (unpaired) electrons. The molecule has 7 nitrogen and oxygen atoms in total. The van der Waals surface area contributed by atoms with Crippen molar-refractivity contribution in [2.24, 2.45) is 5.92 Å². The van der Waals surface area contributed by atoms with Gasteiger partial charge in [-0.15, -0.1) is 11.8 Å². The van der Waals surface area contributed by atoms with E-state index < -0.39 is 4.92 Å². The van der Waals surface area contributed by atoms with E-state index >= 15 is 0 Å². The number of nitro groups is 1. The molecule has 1 unspecified atom stereocenters. The van der Waals surface area contributed by atoms with Gasteiger partial charge in [-0.25, -0.2) is 0 Å². The van der Waals surface area contributed by atoms with Crippen LogP contribution >= 0.6 is 11.8 Å². The molecule has 1 amide bonds. The average Bonchev–Trinajstić information content (AvgIpc) is 3.12. The van der Waals surface area contributed by atoms with E-state index in [9.17, 15) is 14.9 Å². The van der Waals surface area contributed by atoms with Crippen LogP contribution in [0.1, 0.15) is 18.9 Å². The Kier molecular flexibility index (Phi) is 7.52. The fraction of sp³-hybridized carbons (Fsp3) is 0.588. The Bertz CT molecular complexity index is 605. The normalized spacial score (nSPS) is 16.6. The van der Waals surface area contributed by atoms with Crippen molar-refractivity contribution in [1.29, 1.82) is 0 Å². The minimum atomic E-state index is -0.458. The highest BCUT2D eigenvalue weighted by Crippen LogP contribution is 2.29. The summed E-state index contributed by atoms with van der Waals surface area (Å²) in [6.07, 6.45) is 1.01. The van der Waals surface area contributed by atoms with Gasteiger partial charge < -0.3 is 14.4 Å². The zero-order valence-corrected chi connectivity index (χ0v) is 15.4. The Hall–Kier alpha value is -1.80. The predicted octanol–water partition coefficient (Wildman–Crippen LogP) is 2.72. The lowest BCUT2D eigenvalue weighted by molar-refractivity contribution is -0.385. The van der Waals surface area contributed by atoms with Gasteiger partial charge in [0.2, 0.25) is 5.91 Å². The molecule has 1 heterocycles. The zero-order valence-electron chi connectivity index (χ0n) is 14.6. The maximum Gasteiger partial charge on any atom is 0.311 e. The minimum Gasteiger partial charge on any atom is -0.490 e. The molecule has 0 spiro atoms. The molecule has 1 aromatic carbocycles. The second-order valence-corrected chi connectivity index (χ2v) is 6.90. The fourth-order valence-corrected chi connectivity index (χ4v) is 3.64. The molecule has 0 bridgehead atoms. The van der Waals surface area contributed by atoms with Crippen LogP contribution in [0, 0.1) is 16.0 Å². The van der Waals surface area contributed by atoms with Gasteiger partial charge in [0, 0.05) is 37.4 Å². The smallest absolute Gasteiger partial charge is 0.311 e. The number of amides is 1. The topological polar surface area (TPSA) is 81.9 Å². The highest BCUT2D eigenvalue weighted by atomic mass is 32.2. The first-order chi connectivity index (χ1) is 12.0. The molecule has 0 aliphatic carbocycles. The maximum atomic E-state index is 12.4. The minimum absolute atomic E-state index is 0.0525. The van der Waals surface area contributed by atoms with Gasteiger partial charge in [-0.2, -0.15) is 0 Å². The van der Waals surface area contributed by atoms with Crippen molar-refractivity contribution in [3.05, 3.63) is 33.9 Å². The van der Waals surface area contributed by atoms with Crippen molar-refractivity contribution in [3.8, 4) is 5.75 Å². The van der Waals surface area contributed by atoms with Crippen molar-refractivity contribution in [2.45, 2.75) is 19.1 Å². The summed E-state index contributed by atoms with van der Waals surface area (Å²) in [5.41, 5.74) is 0.751. The highest BCUT2D eigenvalue weighted by molar-refractivity contribution is 7.99. The summed E-state index contributed by atoms with van der Waals surface area (Å²) in [4.78, 5) is 24.8. The van der Waals surface area contributed by atoms with Gasteiger partial charge in [-0.3, -0.25) is 14.9 Å². The van der Waals surface area contributed by atoms with Gasteiger partial charge in [0.15, 0.2) is 5.75 Å². The summed E-state index contributed by atoms with van der Waals surface area (Å²) in [5.74, 6) is 1.67. The van der Waals surface area contributed by atoms with Crippen molar-refractivity contribution < 1.29 is 19.2 Å². The third kappa shape index (κ3) is 5.61. The number of carbonyl (C=O) groups is 1. The third-order valence-corrected chi connectivity index (χ3v) is 5.16. The number of hydrogen-bond acceptors (Lipinski definition) is 6. The van der Waals surface area contributed by atoms with E-state index in [0.29, 0.717) is 24.0 Å². The van der Waals surface area contributed by atoms with Crippen molar-refractivity contribution in [1.82, 2.24) is 4.90 Å². The third-order valence-electron chi connectivity index (χ3n) is 4.17. The maximum absolute atomic E-state index is 12.4. The summed E-state index contributed by atoms with van der Waals surface area (Å²) in [6.45, 7) is 4.91. The molecule has 1 fully saturated rings. The van der Waals surface area contributed by atoms with Crippen LogP contribution in [0.2, 0.25) is 0 Å². The molecule has 0 N–H and O–H groups in total. The summed E-state index contributed by atoms with van der Waals surface area (Å²) >= 11 is 1.46. The number of benzene rings is 1. The molecule has 8 heteroatoms. The average molecular weight is 368 g/mol. The molecule has 25 heavy (non-hydrogen) atoms. The molecule has 1 aromatic rings. The fourth-order valence-electron chi connectivity index (χ4n) is 2.76. The molecule has 1 atom stereocenters. The molecular weight excluding hydrogens is 344 g/mol. The summed E-state index contributed by atoms with van der Waals surface area (Å²) in [7, 11) is 1.41. The first-order valence-electron chi connectivity index (χ1n) is 8.29. The number of rotatable bonds is 9. The van der Waals surface area contributed by atoms with Crippen LogP contribution in [0.15, 0.2) is 18.2 Å². The second-order valence-electron chi connectivity index (χ2n) is 5.92. The molecule has 1 saturated heterocycles. The Morgan fingerprint density at radius 3 is 2.92 bits per heavy atom. The predicted molar refractivity (Wildman–Crippen MR) is 97.0 cm³/mol. The van der Waals surface area contributed by atoms with Crippen LogP contribution in [-0.4, -0.2) is 54.9 Å². The SMILES string of the molecule is CCN(CC1CCOC1)C(=O)CSCc1ccc(OC)c([N+](=O)[O-])c1. The largest absolute Gasteiger partial charge is 0.490 e. The van der Waals surface area contributed by atoms with E-state index in [1.807, 2.05) is 11.8 Å². The standard InChI is InChI=1S/C17H24N2O5S/c1-3-18(9-14-6-7-24-10-14)17(20)12-25-11-13-4-5-16(23-2)15(8-13)19(21)22/h4-5,8,14H,3,6-7,9-12H2,1-2H3. The van der Waals surface area contributed by atoms with Crippen molar-refractivity contribution in [3.63, 3.8) is 0 Å². The van der Waals surface area contributed by atoms with Crippen LogP contribution in [0.5, 0.6) is 5.75 Å². The number of carbonyl (C=O) groups excluding carboxylic acids is 1. The van der Waals surface area contributed by atoms with Crippen LogP contribution in [0.3, 0.4) is 0 Å². The number of nitrogens with zero attached hydrogens (tertiary/aromatic N) is 2. The van der Waals surface area contributed by atoms with Crippen LogP contribution in [-0.2, 0) is 15.3 Å². The number of hydrogen-bond donors (Lipinski definition) is 0. The van der Waals surface area contributed by atoms with Crippen molar-refractivity contribution >= 4 is 23.4 Å². The van der Waals surface area contributed by atoms with E-state index in [-0.39, 0.29) is 17.3 Å². The summed E-state index contributed by atoms with van der Waals surface area (Å²) in [5, 5.41) is 11.1. The highest BCUT2D eigenvalue weighted by Gasteiger charge is 2.21. The Labute approximate surface area is 151 Å². The Morgan fingerprint density at radius 1 is 1.52 bits per heavy atom. The van der Waals surface area contributed by atoms with Gasteiger partial charge in [0.25, 0.3) is 0 Å². The van der Waals surface area contributed by atoms with Gasteiger partial charge in [-0.05, 0) is 25.0 Å². The zero-order chi connectivity index (χ0) is 18.2. The quantitative estimate of drug-likeness (QED) is 0.492. The number of nitro benzene ring substituents is 1. The van der Waals surface area contributed by atoms with Gasteiger partial charge >= 0.3 is 5.69 Å². The lowest BCUT2D eigenvalue weighted by Gasteiger charge is -2.23. The van der Waals surface area contributed by atoms with Crippen LogP contribution in [0.25, 0.3) is 0 Å². The first kappa shape index (κ1) is 19.5. The molecule has 0 saturated carbocycles. The van der Waals surface area contributed by atoms with Crippen molar-refractivity contribution in [2.75, 3.05) is 39.2 Å². The summed E-state index contributed by atoms with van der Waals surface area (Å²) < 4.78 is 10.4. The van der Waals surface area contributed by atoms with Gasteiger partial charge in [-0.1, -0.05) is 6.07 Å². The summed E-state index contributed by atoms with van der Waals surface area (Å²) in [6, 6.07) is 4.88. The van der Waals surface area contributed by atoms with Crippen LogP contribution in [0.4, 0.5) is 5.69 Å². The Morgan fingerprint density at radius 2 is 2.32 bits per heavy atom. The lowest BCUT2D eigenvalue weighted by atomic mass is 10.1. The molecule has 0 aromatic heterocycles. The lowest BCUT2D eigenvalue weighted by Crippen LogP contribution is -2.36. The van der Waals surface area contributed by atoms with Gasteiger partial charge in [0.1, 0.15) is 0 Å².